The molecule has 8 heteroatoms. The number of alkyl halides is 3. The van der Waals surface area contributed by atoms with Crippen molar-refractivity contribution in [1.29, 1.82) is 0 Å². The van der Waals surface area contributed by atoms with Crippen LogP contribution in [0.1, 0.15) is 28.8 Å². The van der Waals surface area contributed by atoms with Gasteiger partial charge in [0.1, 0.15) is 5.82 Å². The van der Waals surface area contributed by atoms with Gasteiger partial charge in [0.05, 0.1) is 11.1 Å². The molecule has 1 unspecified atom stereocenters. The number of nitrogens with one attached hydrogen (secondary N) is 1. The molecule has 3 rings (SSSR count). The fraction of sp³-hybridized carbons (Fsp3) is 0.353. The summed E-state index contributed by atoms with van der Waals surface area (Å²) >= 11 is 0. The fourth-order valence-electron chi connectivity index (χ4n) is 2.84. The van der Waals surface area contributed by atoms with Crippen LogP contribution in [0.25, 0.3) is 0 Å². The van der Waals surface area contributed by atoms with Crippen molar-refractivity contribution in [3.8, 4) is 0 Å². The van der Waals surface area contributed by atoms with Gasteiger partial charge in [0.2, 0.25) is 0 Å². The van der Waals surface area contributed by atoms with Crippen molar-refractivity contribution in [2.75, 3.05) is 18.0 Å². The number of nitrogens with zero attached hydrogens (tertiary/aromatic N) is 3. The van der Waals surface area contributed by atoms with Gasteiger partial charge in [-0.05, 0) is 37.1 Å². The highest BCUT2D eigenvalue weighted by Crippen LogP contribution is 2.31. The summed E-state index contributed by atoms with van der Waals surface area (Å²) in [5.41, 5.74) is -0.268. The standard InChI is InChI=1S/C17H17F3N4O/c18-17(19,20)13-5-7-22-15(9-13)24-8-2-4-14(11-24)23-16(25)12-3-1-6-21-10-12/h1,3,5-7,9-10,14H,2,4,8,11H2,(H,23,25). The van der Waals surface area contributed by atoms with Crippen LogP contribution in [0.3, 0.4) is 0 Å². The molecule has 1 fully saturated rings. The zero-order valence-corrected chi connectivity index (χ0v) is 13.3. The molecule has 1 atom stereocenters. The van der Waals surface area contributed by atoms with Crippen molar-refractivity contribution in [2.45, 2.75) is 25.1 Å². The summed E-state index contributed by atoms with van der Waals surface area (Å²) in [6, 6.07) is 5.18. The van der Waals surface area contributed by atoms with Gasteiger partial charge in [0.25, 0.3) is 5.91 Å². The van der Waals surface area contributed by atoms with Crippen LogP contribution >= 0.6 is 0 Å². The van der Waals surface area contributed by atoms with Crippen molar-refractivity contribution in [3.63, 3.8) is 0 Å². The zero-order chi connectivity index (χ0) is 17.9. The number of aromatic nitrogens is 2. The molecular weight excluding hydrogens is 333 g/mol. The van der Waals surface area contributed by atoms with Crippen LogP contribution in [0.5, 0.6) is 0 Å². The van der Waals surface area contributed by atoms with E-state index in [4.69, 9.17) is 0 Å². The number of carbonyl (C=O) groups excluding carboxylic acids is 1. The quantitative estimate of drug-likeness (QED) is 0.925. The molecule has 2 aromatic heterocycles. The van der Waals surface area contributed by atoms with Crippen LogP contribution in [0.2, 0.25) is 0 Å². The van der Waals surface area contributed by atoms with E-state index in [0.29, 0.717) is 18.7 Å². The Labute approximate surface area is 142 Å². The summed E-state index contributed by atoms with van der Waals surface area (Å²) in [6.07, 6.45) is 1.34. The Kier molecular flexibility index (Phi) is 4.87. The van der Waals surface area contributed by atoms with Crippen molar-refractivity contribution in [2.24, 2.45) is 0 Å². The van der Waals surface area contributed by atoms with Crippen molar-refractivity contribution in [3.05, 3.63) is 54.0 Å². The van der Waals surface area contributed by atoms with E-state index in [1.165, 1.54) is 6.20 Å². The van der Waals surface area contributed by atoms with Crippen LogP contribution in [0.15, 0.2) is 42.9 Å². The van der Waals surface area contributed by atoms with Gasteiger partial charge in [0, 0.05) is 37.7 Å². The van der Waals surface area contributed by atoms with Gasteiger partial charge in [-0.15, -0.1) is 0 Å². The SMILES string of the molecule is O=C(NC1CCCN(c2cc(C(F)(F)F)ccn2)C1)c1cccnc1. The molecule has 5 nitrogen and oxygen atoms in total. The lowest BCUT2D eigenvalue weighted by Gasteiger charge is -2.34. The Balaban J connectivity index is 1.68. The van der Waals surface area contributed by atoms with E-state index < -0.39 is 11.7 Å². The second-order valence-electron chi connectivity index (χ2n) is 5.90. The van der Waals surface area contributed by atoms with Gasteiger partial charge in [-0.2, -0.15) is 13.2 Å². The Morgan fingerprint density at radius 2 is 2.12 bits per heavy atom. The predicted octanol–water partition coefficient (Wildman–Crippen LogP) is 2.89. The highest BCUT2D eigenvalue weighted by Gasteiger charge is 2.32. The van der Waals surface area contributed by atoms with Gasteiger partial charge in [-0.25, -0.2) is 4.98 Å². The average Bonchev–Trinajstić information content (AvgIpc) is 2.62. The number of carbonyl (C=O) groups is 1. The van der Waals surface area contributed by atoms with Crippen LogP contribution in [-0.4, -0.2) is 35.0 Å². The van der Waals surface area contributed by atoms with E-state index >= 15 is 0 Å². The number of hydrogen-bond donors (Lipinski definition) is 1. The first kappa shape index (κ1) is 17.2. The normalized spacial score (nSPS) is 18.0. The van der Waals surface area contributed by atoms with E-state index in [-0.39, 0.29) is 17.8 Å². The first-order valence-electron chi connectivity index (χ1n) is 7.92. The monoisotopic (exact) mass is 350 g/mol. The Hall–Kier alpha value is -2.64. The number of halogens is 3. The summed E-state index contributed by atoms with van der Waals surface area (Å²) in [4.78, 5) is 21.9. The molecule has 1 aliphatic heterocycles. The molecule has 25 heavy (non-hydrogen) atoms. The number of hydrogen-bond acceptors (Lipinski definition) is 4. The highest BCUT2D eigenvalue weighted by molar-refractivity contribution is 5.94. The van der Waals surface area contributed by atoms with Crippen LogP contribution < -0.4 is 10.2 Å². The van der Waals surface area contributed by atoms with Crippen LogP contribution in [0.4, 0.5) is 19.0 Å². The van der Waals surface area contributed by atoms with Gasteiger partial charge >= 0.3 is 6.18 Å². The Morgan fingerprint density at radius 3 is 2.84 bits per heavy atom. The second kappa shape index (κ2) is 7.08. The molecule has 0 radical (unpaired) electrons. The Bertz CT molecular complexity index is 736. The third-order valence-corrected chi connectivity index (χ3v) is 4.08. The van der Waals surface area contributed by atoms with Crippen molar-refractivity contribution < 1.29 is 18.0 Å². The van der Waals surface area contributed by atoms with Gasteiger partial charge in [-0.1, -0.05) is 0 Å². The first-order valence-corrected chi connectivity index (χ1v) is 7.92. The fourth-order valence-corrected chi connectivity index (χ4v) is 2.84. The van der Waals surface area contributed by atoms with E-state index in [1.54, 1.807) is 23.2 Å². The molecule has 0 saturated carbocycles. The maximum absolute atomic E-state index is 12.9. The summed E-state index contributed by atoms with van der Waals surface area (Å²) in [5, 5.41) is 2.91. The van der Waals surface area contributed by atoms with E-state index in [2.05, 4.69) is 15.3 Å². The minimum atomic E-state index is -4.40. The number of piperidine rings is 1. The second-order valence-corrected chi connectivity index (χ2v) is 5.90. The van der Waals surface area contributed by atoms with Crippen molar-refractivity contribution in [1.82, 2.24) is 15.3 Å². The molecule has 132 valence electrons. The molecular formula is C17H17F3N4O. The molecule has 0 aromatic carbocycles. The van der Waals surface area contributed by atoms with Gasteiger partial charge < -0.3 is 10.2 Å². The lowest BCUT2D eigenvalue weighted by Crippen LogP contribution is -2.48. The third kappa shape index (κ3) is 4.26. The molecule has 1 aliphatic rings. The van der Waals surface area contributed by atoms with Crippen molar-refractivity contribution >= 4 is 11.7 Å². The lowest BCUT2D eigenvalue weighted by molar-refractivity contribution is -0.137. The summed E-state index contributed by atoms with van der Waals surface area (Å²) in [5.74, 6) is 0.0344. The summed E-state index contributed by atoms with van der Waals surface area (Å²) in [7, 11) is 0. The van der Waals surface area contributed by atoms with E-state index in [1.807, 2.05) is 0 Å². The minimum Gasteiger partial charge on any atom is -0.355 e. The zero-order valence-electron chi connectivity index (χ0n) is 13.3. The molecule has 0 spiro atoms. The first-order chi connectivity index (χ1) is 11.9. The highest BCUT2D eigenvalue weighted by atomic mass is 19.4. The molecule has 0 aliphatic carbocycles. The van der Waals surface area contributed by atoms with Crippen LogP contribution in [0, 0.1) is 0 Å². The van der Waals surface area contributed by atoms with E-state index in [0.717, 1.165) is 31.2 Å². The molecule has 1 saturated heterocycles. The molecule has 0 bridgehead atoms. The molecule has 1 N–H and O–H groups in total. The predicted molar refractivity (Wildman–Crippen MR) is 86.2 cm³/mol. The van der Waals surface area contributed by atoms with Crippen LogP contribution in [-0.2, 0) is 6.18 Å². The maximum atomic E-state index is 12.9. The number of amides is 1. The smallest absolute Gasteiger partial charge is 0.355 e. The number of anilines is 1. The van der Waals surface area contributed by atoms with E-state index in [9.17, 15) is 18.0 Å². The number of pyridine rings is 2. The minimum absolute atomic E-state index is 0.155. The summed E-state index contributed by atoms with van der Waals surface area (Å²) < 4.78 is 38.6. The molecule has 1 amide bonds. The molecule has 3 heterocycles. The molecule has 2 aromatic rings. The lowest BCUT2D eigenvalue weighted by atomic mass is 10.0. The van der Waals surface area contributed by atoms with Gasteiger partial charge in [0.15, 0.2) is 0 Å². The average molecular weight is 350 g/mol. The third-order valence-electron chi connectivity index (χ3n) is 4.08. The summed E-state index contributed by atoms with van der Waals surface area (Å²) in [6.45, 7) is 1.02. The number of rotatable bonds is 3. The Morgan fingerprint density at radius 1 is 1.28 bits per heavy atom. The largest absolute Gasteiger partial charge is 0.416 e. The van der Waals surface area contributed by atoms with Gasteiger partial charge in [-0.3, -0.25) is 9.78 Å². The maximum Gasteiger partial charge on any atom is 0.416 e. The topological polar surface area (TPSA) is 58.1 Å².